The predicted molar refractivity (Wildman–Crippen MR) is 114 cm³/mol. The fourth-order valence-corrected chi connectivity index (χ4v) is 3.40. The third kappa shape index (κ3) is 4.20. The van der Waals surface area contributed by atoms with Crippen LogP contribution in [0.15, 0.2) is 42.6 Å². The Kier molecular flexibility index (Phi) is 5.33. The van der Waals surface area contributed by atoms with Crippen molar-refractivity contribution in [2.45, 2.75) is 25.8 Å². The number of benzene rings is 2. The van der Waals surface area contributed by atoms with Crippen molar-refractivity contribution in [2.24, 2.45) is 5.73 Å². The number of ether oxygens (including phenoxy) is 2. The summed E-state index contributed by atoms with van der Waals surface area (Å²) >= 11 is 0. The molecule has 9 heteroatoms. The summed E-state index contributed by atoms with van der Waals surface area (Å²) in [7, 11) is 1.49. The Labute approximate surface area is 177 Å². The number of pyridine rings is 1. The molecule has 1 fully saturated rings. The molecule has 1 aromatic heterocycles. The molecular formula is C22H21FN4O4. The maximum Gasteiger partial charge on any atom is 0.319 e. The van der Waals surface area contributed by atoms with Crippen LogP contribution in [0.25, 0.3) is 10.9 Å². The van der Waals surface area contributed by atoms with Gasteiger partial charge in [0, 0.05) is 36.7 Å². The van der Waals surface area contributed by atoms with Crippen LogP contribution in [0.2, 0.25) is 0 Å². The molecule has 3 aromatic rings. The van der Waals surface area contributed by atoms with E-state index in [2.05, 4.69) is 10.3 Å². The van der Waals surface area contributed by atoms with Crippen LogP contribution in [-0.4, -0.2) is 30.1 Å². The Balaban J connectivity index is 1.69. The van der Waals surface area contributed by atoms with Crippen LogP contribution in [0.1, 0.15) is 19.8 Å². The van der Waals surface area contributed by atoms with Gasteiger partial charge in [-0.15, -0.1) is 0 Å². The monoisotopic (exact) mass is 424 g/mol. The third-order valence-electron chi connectivity index (χ3n) is 4.89. The van der Waals surface area contributed by atoms with Crippen molar-refractivity contribution >= 4 is 34.2 Å². The summed E-state index contributed by atoms with van der Waals surface area (Å²) in [5, 5.41) is 3.31. The molecule has 0 bridgehead atoms. The number of aromatic nitrogens is 1. The van der Waals surface area contributed by atoms with Gasteiger partial charge in [0.25, 0.3) is 0 Å². The van der Waals surface area contributed by atoms with Gasteiger partial charge >= 0.3 is 6.03 Å². The molecule has 0 unspecified atom stereocenters. The first kappa shape index (κ1) is 20.4. The average molecular weight is 424 g/mol. The summed E-state index contributed by atoms with van der Waals surface area (Å²) in [6, 6.07) is 8.50. The smallest absolute Gasteiger partial charge is 0.319 e. The van der Waals surface area contributed by atoms with Gasteiger partial charge in [0.05, 0.1) is 24.0 Å². The maximum atomic E-state index is 14.8. The topological polar surface area (TPSA) is 107 Å². The molecule has 0 radical (unpaired) electrons. The van der Waals surface area contributed by atoms with Crippen molar-refractivity contribution in [3.63, 3.8) is 0 Å². The summed E-state index contributed by atoms with van der Waals surface area (Å²) in [6.07, 6.45) is 3.15. The fraction of sp³-hybridized carbons (Fsp3) is 0.227. The molecular weight excluding hydrogens is 403 g/mol. The van der Waals surface area contributed by atoms with Crippen LogP contribution in [0.4, 0.5) is 20.6 Å². The largest absolute Gasteiger partial charge is 0.494 e. The SMILES string of the molecule is COc1cc2nccc(Oc3ccc(N(C(N)=O)C4CC4)c(F)c3)c2cc1NC(C)=O. The van der Waals surface area contributed by atoms with E-state index in [0.29, 0.717) is 28.1 Å². The molecule has 160 valence electrons. The standard InChI is InChI=1S/C22H21FN4O4/c1-12(28)26-18-10-15-17(11-21(18)30-2)25-8-7-20(15)31-14-5-6-19(16(23)9-14)27(22(24)29)13-3-4-13/h5-11,13H,3-4H2,1-2H3,(H2,24,29)(H,26,28). The first-order chi connectivity index (χ1) is 14.9. The van der Waals surface area contributed by atoms with E-state index in [0.717, 1.165) is 12.8 Å². The van der Waals surface area contributed by atoms with Crippen LogP contribution in [0, 0.1) is 5.82 Å². The molecule has 0 aliphatic heterocycles. The second kappa shape index (κ2) is 8.10. The summed E-state index contributed by atoms with van der Waals surface area (Å²) in [5.41, 5.74) is 6.58. The number of nitrogens with zero attached hydrogens (tertiary/aromatic N) is 2. The molecule has 4 rings (SSSR count). The highest BCUT2D eigenvalue weighted by molar-refractivity contribution is 5.97. The number of methoxy groups -OCH3 is 1. The fourth-order valence-electron chi connectivity index (χ4n) is 3.40. The van der Waals surface area contributed by atoms with Crippen LogP contribution in [-0.2, 0) is 4.79 Å². The van der Waals surface area contributed by atoms with Gasteiger partial charge in [0.2, 0.25) is 5.91 Å². The van der Waals surface area contributed by atoms with Gasteiger partial charge in [-0.3, -0.25) is 14.7 Å². The highest BCUT2D eigenvalue weighted by Gasteiger charge is 2.34. The summed E-state index contributed by atoms with van der Waals surface area (Å²) in [5.74, 6) is 0.249. The average Bonchev–Trinajstić information content (AvgIpc) is 3.54. The zero-order valence-electron chi connectivity index (χ0n) is 17.0. The lowest BCUT2D eigenvalue weighted by atomic mass is 10.1. The number of fused-ring (bicyclic) bond motifs is 1. The number of hydrogen-bond donors (Lipinski definition) is 2. The van der Waals surface area contributed by atoms with Gasteiger partial charge in [0.15, 0.2) is 5.82 Å². The van der Waals surface area contributed by atoms with Crippen LogP contribution >= 0.6 is 0 Å². The summed E-state index contributed by atoms with van der Waals surface area (Å²) in [6.45, 7) is 1.39. The minimum atomic E-state index is -0.686. The quantitative estimate of drug-likeness (QED) is 0.617. The van der Waals surface area contributed by atoms with E-state index >= 15 is 0 Å². The van der Waals surface area contributed by atoms with E-state index in [1.807, 2.05) is 0 Å². The Hall–Kier alpha value is -3.88. The maximum absolute atomic E-state index is 14.8. The zero-order chi connectivity index (χ0) is 22.1. The molecule has 1 saturated carbocycles. The van der Waals surface area contributed by atoms with Gasteiger partial charge in [-0.05, 0) is 37.1 Å². The van der Waals surface area contributed by atoms with Crippen molar-refractivity contribution in [3.8, 4) is 17.2 Å². The number of amides is 3. The molecule has 0 spiro atoms. The van der Waals surface area contributed by atoms with E-state index < -0.39 is 11.8 Å². The number of anilines is 2. The number of hydrogen-bond acceptors (Lipinski definition) is 5. The number of carbonyl (C=O) groups excluding carboxylic acids is 2. The van der Waals surface area contributed by atoms with Crippen molar-refractivity contribution < 1.29 is 23.5 Å². The zero-order valence-corrected chi connectivity index (χ0v) is 17.0. The van der Waals surface area contributed by atoms with Gasteiger partial charge in [-0.25, -0.2) is 9.18 Å². The lowest BCUT2D eigenvalue weighted by Crippen LogP contribution is -2.38. The number of nitrogens with two attached hydrogens (primary N) is 1. The summed E-state index contributed by atoms with van der Waals surface area (Å²) < 4.78 is 26.0. The van der Waals surface area contributed by atoms with Crippen LogP contribution in [0.5, 0.6) is 17.2 Å². The third-order valence-corrected chi connectivity index (χ3v) is 4.89. The highest BCUT2D eigenvalue weighted by atomic mass is 19.1. The van der Waals surface area contributed by atoms with Crippen LogP contribution in [0.3, 0.4) is 0 Å². The Morgan fingerprint density at radius 2 is 1.97 bits per heavy atom. The predicted octanol–water partition coefficient (Wildman–Crippen LogP) is 4.18. The van der Waals surface area contributed by atoms with Crippen molar-refractivity contribution in [1.82, 2.24) is 4.98 Å². The second-order valence-corrected chi connectivity index (χ2v) is 7.21. The summed E-state index contributed by atoms with van der Waals surface area (Å²) in [4.78, 5) is 28.8. The Morgan fingerprint density at radius 1 is 1.19 bits per heavy atom. The molecule has 0 saturated heterocycles. The molecule has 31 heavy (non-hydrogen) atoms. The van der Waals surface area contributed by atoms with Gasteiger partial charge < -0.3 is 20.5 Å². The van der Waals surface area contributed by atoms with Crippen molar-refractivity contribution in [2.75, 3.05) is 17.3 Å². The van der Waals surface area contributed by atoms with Gasteiger partial charge in [-0.1, -0.05) is 0 Å². The second-order valence-electron chi connectivity index (χ2n) is 7.21. The van der Waals surface area contributed by atoms with E-state index in [9.17, 15) is 14.0 Å². The lowest BCUT2D eigenvalue weighted by molar-refractivity contribution is -0.114. The van der Waals surface area contributed by atoms with E-state index in [4.69, 9.17) is 15.2 Å². The first-order valence-corrected chi connectivity index (χ1v) is 9.67. The molecule has 8 nitrogen and oxygen atoms in total. The lowest BCUT2D eigenvalue weighted by Gasteiger charge is -2.21. The molecule has 3 N–H and O–H groups in total. The Morgan fingerprint density at radius 3 is 2.58 bits per heavy atom. The molecule has 3 amide bonds. The number of nitrogens with one attached hydrogen (secondary N) is 1. The first-order valence-electron chi connectivity index (χ1n) is 9.67. The molecule has 0 atom stereocenters. The number of carbonyl (C=O) groups is 2. The number of primary amides is 1. The molecule has 1 aliphatic carbocycles. The number of rotatable bonds is 6. The molecule has 1 heterocycles. The van der Waals surface area contributed by atoms with E-state index in [1.54, 1.807) is 30.5 Å². The number of halogens is 1. The normalized spacial score (nSPS) is 13.0. The minimum Gasteiger partial charge on any atom is -0.494 e. The molecule has 1 aliphatic rings. The van der Waals surface area contributed by atoms with Crippen molar-refractivity contribution in [3.05, 3.63) is 48.4 Å². The molecule has 2 aromatic carbocycles. The van der Waals surface area contributed by atoms with Crippen LogP contribution < -0.4 is 25.4 Å². The van der Waals surface area contributed by atoms with Gasteiger partial charge in [-0.2, -0.15) is 0 Å². The highest BCUT2D eigenvalue weighted by Crippen LogP contribution is 2.38. The minimum absolute atomic E-state index is 0.0647. The van der Waals surface area contributed by atoms with E-state index in [1.165, 1.54) is 31.1 Å². The van der Waals surface area contributed by atoms with Gasteiger partial charge in [0.1, 0.15) is 17.2 Å². The van der Waals surface area contributed by atoms with E-state index in [-0.39, 0.29) is 23.4 Å². The van der Waals surface area contributed by atoms with Crippen molar-refractivity contribution in [1.29, 1.82) is 0 Å². The number of urea groups is 1. The Bertz CT molecular complexity index is 1180.